The molecular weight excluding hydrogens is 519 g/mol. The Morgan fingerprint density at radius 1 is 0.950 bits per heavy atom. The second kappa shape index (κ2) is 11.4. The Balaban J connectivity index is 1.27. The fourth-order valence-electron chi connectivity index (χ4n) is 4.57. The molecule has 11 heteroatoms. The number of benzene rings is 2. The highest BCUT2D eigenvalue weighted by Crippen LogP contribution is 2.34. The summed E-state index contributed by atoms with van der Waals surface area (Å²) in [4.78, 5) is 21.0. The van der Waals surface area contributed by atoms with Gasteiger partial charge >= 0.3 is 12.2 Å². The Bertz CT molecular complexity index is 1590. The number of pyridine rings is 1. The number of nitrogens with one attached hydrogen (secondary N) is 2. The monoisotopic (exact) mass is 547 g/mol. The molecule has 8 nitrogen and oxygen atoms in total. The number of aromatic nitrogens is 3. The summed E-state index contributed by atoms with van der Waals surface area (Å²) in [5, 5.41) is 10.3. The number of hydrogen-bond acceptors (Lipinski definition) is 5. The normalized spacial score (nSPS) is 14.5. The first-order valence-corrected chi connectivity index (χ1v) is 12.7. The zero-order valence-electron chi connectivity index (χ0n) is 22.1. The molecule has 1 saturated heterocycles. The van der Waals surface area contributed by atoms with E-state index in [2.05, 4.69) is 37.5 Å². The number of halogens is 3. The van der Waals surface area contributed by atoms with Crippen molar-refractivity contribution < 1.29 is 18.0 Å². The predicted molar refractivity (Wildman–Crippen MR) is 148 cm³/mol. The maximum absolute atomic E-state index is 13.9. The van der Waals surface area contributed by atoms with Crippen LogP contribution in [0.3, 0.4) is 0 Å². The molecule has 1 fully saturated rings. The lowest BCUT2D eigenvalue weighted by Gasteiger charge is -2.33. The summed E-state index contributed by atoms with van der Waals surface area (Å²) >= 11 is 0. The van der Waals surface area contributed by atoms with Gasteiger partial charge in [-0.25, -0.2) is 4.79 Å². The molecule has 2 N–H and O–H groups in total. The summed E-state index contributed by atoms with van der Waals surface area (Å²) in [6, 6.07) is 10.1. The average molecular weight is 548 g/mol. The number of anilines is 2. The van der Waals surface area contributed by atoms with E-state index in [1.165, 1.54) is 12.1 Å². The molecule has 1 aliphatic rings. The van der Waals surface area contributed by atoms with Crippen molar-refractivity contribution in [3.05, 3.63) is 83.3 Å². The van der Waals surface area contributed by atoms with E-state index < -0.39 is 17.8 Å². The summed E-state index contributed by atoms with van der Waals surface area (Å²) in [5.41, 5.74) is 2.17. The van der Waals surface area contributed by atoms with Crippen molar-refractivity contribution in [2.24, 2.45) is 7.05 Å². The van der Waals surface area contributed by atoms with Crippen LogP contribution in [0, 0.1) is 11.8 Å². The number of piperazine rings is 1. The maximum atomic E-state index is 13.9. The Hall–Kier alpha value is -4.40. The second-order valence-corrected chi connectivity index (χ2v) is 9.75. The molecule has 0 unspecified atom stereocenters. The van der Waals surface area contributed by atoms with Gasteiger partial charge in [-0.15, -0.1) is 0 Å². The molecule has 0 aliphatic carbocycles. The van der Waals surface area contributed by atoms with Crippen LogP contribution in [-0.4, -0.2) is 63.8 Å². The lowest BCUT2D eigenvalue weighted by molar-refractivity contribution is -0.138. The molecule has 206 valence electrons. The smallest absolute Gasteiger partial charge is 0.308 e. The highest BCUT2D eigenvalue weighted by Gasteiger charge is 2.34. The van der Waals surface area contributed by atoms with Gasteiger partial charge in [0.2, 0.25) is 0 Å². The number of likely N-dealkylation sites (N-methyl/N-ethyl adjacent to an activating group) is 1. The van der Waals surface area contributed by atoms with E-state index in [1.807, 2.05) is 19.0 Å². The van der Waals surface area contributed by atoms with Gasteiger partial charge in [0.25, 0.3) is 0 Å². The number of aryl methyl sites for hydroxylation is 1. The molecule has 1 aliphatic heterocycles. The van der Waals surface area contributed by atoms with Gasteiger partial charge in [-0.2, -0.15) is 18.3 Å². The summed E-state index contributed by atoms with van der Waals surface area (Å²) in [7, 11) is 3.82. The predicted octanol–water partition coefficient (Wildman–Crippen LogP) is 4.78. The SMILES string of the molecule is CN1CCN(Cc2ccc(NC(=O)Nc3cccc(C#Cc4cncc5c4cnn5C)c3)cc2C(F)(F)F)CC1. The number of fused-ring (bicyclic) bond motifs is 1. The molecule has 3 heterocycles. The third-order valence-electron chi connectivity index (χ3n) is 6.80. The zero-order chi connectivity index (χ0) is 28.3. The van der Waals surface area contributed by atoms with Crippen molar-refractivity contribution in [2.75, 3.05) is 43.9 Å². The van der Waals surface area contributed by atoms with Crippen LogP contribution < -0.4 is 10.6 Å². The van der Waals surface area contributed by atoms with Crippen molar-refractivity contribution in [3.8, 4) is 11.8 Å². The van der Waals surface area contributed by atoms with Gasteiger partial charge in [0.15, 0.2) is 0 Å². The fourth-order valence-corrected chi connectivity index (χ4v) is 4.57. The largest absolute Gasteiger partial charge is 0.416 e. The van der Waals surface area contributed by atoms with E-state index in [-0.39, 0.29) is 17.8 Å². The number of urea groups is 1. The molecule has 5 rings (SSSR count). The van der Waals surface area contributed by atoms with Gasteiger partial charge in [0.05, 0.1) is 29.0 Å². The Labute approximate surface area is 229 Å². The van der Waals surface area contributed by atoms with Gasteiger partial charge in [0, 0.05) is 68.3 Å². The molecule has 0 radical (unpaired) electrons. The van der Waals surface area contributed by atoms with Crippen molar-refractivity contribution >= 4 is 28.3 Å². The van der Waals surface area contributed by atoms with E-state index in [1.54, 1.807) is 47.5 Å². The van der Waals surface area contributed by atoms with Gasteiger partial charge < -0.3 is 15.5 Å². The number of hydrogen-bond donors (Lipinski definition) is 2. The summed E-state index contributed by atoms with van der Waals surface area (Å²) in [6.07, 6.45) is 0.568. The molecule has 0 atom stereocenters. The maximum Gasteiger partial charge on any atom is 0.416 e. The molecule has 2 aromatic carbocycles. The third kappa shape index (κ3) is 6.42. The standard InChI is InChI=1S/C29H28F3N7O/c1-37-10-12-39(13-11-37)19-22-8-9-24(15-26(22)29(30,31)32)36-28(40)35-23-5-3-4-20(14-23)6-7-21-16-33-18-27-25(21)17-34-38(27)2/h3-5,8-9,14-18H,10-13,19H2,1-2H3,(H2,35,36,40). The summed E-state index contributed by atoms with van der Waals surface area (Å²) < 4.78 is 43.4. The highest BCUT2D eigenvalue weighted by atomic mass is 19.4. The van der Waals surface area contributed by atoms with Crippen LogP contribution in [0.2, 0.25) is 0 Å². The molecular formula is C29H28F3N7O. The minimum atomic E-state index is -4.54. The van der Waals surface area contributed by atoms with Crippen LogP contribution in [0.5, 0.6) is 0 Å². The van der Waals surface area contributed by atoms with Gasteiger partial charge in [0.1, 0.15) is 0 Å². The van der Waals surface area contributed by atoms with Crippen molar-refractivity contribution in [1.82, 2.24) is 24.6 Å². The lowest BCUT2D eigenvalue weighted by Crippen LogP contribution is -2.44. The van der Waals surface area contributed by atoms with Crippen LogP contribution in [0.15, 0.2) is 61.1 Å². The molecule has 0 bridgehead atoms. The number of carbonyl (C=O) groups excluding carboxylic acids is 1. The van der Waals surface area contributed by atoms with Crippen molar-refractivity contribution in [2.45, 2.75) is 12.7 Å². The quantitative estimate of drug-likeness (QED) is 0.360. The zero-order valence-corrected chi connectivity index (χ0v) is 22.1. The van der Waals surface area contributed by atoms with Crippen LogP contribution in [0.1, 0.15) is 22.3 Å². The number of rotatable bonds is 4. The molecule has 2 amide bonds. The minimum Gasteiger partial charge on any atom is -0.308 e. The van der Waals surface area contributed by atoms with E-state index in [9.17, 15) is 18.0 Å². The van der Waals surface area contributed by atoms with Crippen molar-refractivity contribution in [1.29, 1.82) is 0 Å². The molecule has 2 aromatic heterocycles. The van der Waals surface area contributed by atoms with Crippen LogP contribution in [0.4, 0.5) is 29.3 Å². The van der Waals surface area contributed by atoms with Gasteiger partial charge in [-0.05, 0) is 42.9 Å². The molecule has 0 saturated carbocycles. The Morgan fingerprint density at radius 3 is 2.45 bits per heavy atom. The second-order valence-electron chi connectivity index (χ2n) is 9.75. The highest BCUT2D eigenvalue weighted by molar-refractivity contribution is 6.00. The average Bonchev–Trinajstić information content (AvgIpc) is 3.30. The topological polar surface area (TPSA) is 78.3 Å². The molecule has 40 heavy (non-hydrogen) atoms. The molecule has 0 spiro atoms. The summed E-state index contributed by atoms with van der Waals surface area (Å²) in [5.74, 6) is 6.15. The summed E-state index contributed by atoms with van der Waals surface area (Å²) in [6.45, 7) is 3.23. The first-order chi connectivity index (χ1) is 19.2. The van der Waals surface area contributed by atoms with E-state index in [4.69, 9.17) is 0 Å². The number of alkyl halides is 3. The third-order valence-corrected chi connectivity index (χ3v) is 6.80. The van der Waals surface area contributed by atoms with Crippen LogP contribution >= 0.6 is 0 Å². The van der Waals surface area contributed by atoms with E-state index in [0.29, 0.717) is 24.3 Å². The number of amides is 2. The number of nitrogens with zero attached hydrogens (tertiary/aromatic N) is 5. The Kier molecular flexibility index (Phi) is 7.73. The Morgan fingerprint density at radius 2 is 1.70 bits per heavy atom. The van der Waals surface area contributed by atoms with Crippen LogP contribution in [-0.2, 0) is 19.8 Å². The van der Waals surface area contributed by atoms with E-state index in [0.717, 1.165) is 35.6 Å². The molecule has 4 aromatic rings. The van der Waals surface area contributed by atoms with E-state index >= 15 is 0 Å². The first kappa shape index (κ1) is 27.2. The first-order valence-electron chi connectivity index (χ1n) is 12.7. The van der Waals surface area contributed by atoms with Crippen LogP contribution in [0.25, 0.3) is 10.9 Å². The van der Waals surface area contributed by atoms with Gasteiger partial charge in [-0.3, -0.25) is 14.6 Å². The fraction of sp³-hybridized carbons (Fsp3) is 0.276. The minimum absolute atomic E-state index is 0.0555. The number of carbonyl (C=O) groups is 1. The van der Waals surface area contributed by atoms with Gasteiger partial charge in [-0.1, -0.05) is 24.0 Å². The lowest BCUT2D eigenvalue weighted by atomic mass is 10.0. The van der Waals surface area contributed by atoms with Crippen molar-refractivity contribution in [3.63, 3.8) is 0 Å².